The van der Waals surface area contributed by atoms with E-state index < -0.39 is 5.82 Å². The molecule has 0 bridgehead atoms. The first-order chi connectivity index (χ1) is 15.9. The highest BCUT2D eigenvalue weighted by atomic mass is 35.5. The number of rotatable bonds is 6. The zero-order valence-electron chi connectivity index (χ0n) is 17.7. The van der Waals surface area contributed by atoms with Gasteiger partial charge in [-0.25, -0.2) is 4.39 Å². The number of nitrogens with zero attached hydrogens (tertiary/aromatic N) is 2. The Labute approximate surface area is 200 Å². The van der Waals surface area contributed by atoms with Gasteiger partial charge in [-0.2, -0.15) is 5.26 Å². The number of hydrogen-bond donors (Lipinski definition) is 1. The number of carbonyl (C=O) groups is 1. The standard InChI is InChI=1S/C24H18Cl2FN3O3/c1-32-18-7-6-16(22(11-18)33-2)14-30(24(31)21-12-19(25)23(26)29-21)9-3-4-15-5-8-20(27)17(10-15)13-28/h5-8,10-12,29H,9,14H2,1-2H3. The van der Waals surface area contributed by atoms with Crippen molar-refractivity contribution in [3.63, 3.8) is 0 Å². The van der Waals surface area contributed by atoms with Crippen LogP contribution in [-0.4, -0.2) is 36.6 Å². The van der Waals surface area contributed by atoms with Crippen molar-refractivity contribution >= 4 is 29.1 Å². The Morgan fingerprint density at radius 3 is 2.58 bits per heavy atom. The summed E-state index contributed by atoms with van der Waals surface area (Å²) in [5.74, 6) is 5.91. The molecule has 0 atom stereocenters. The predicted octanol–water partition coefficient (Wildman–Crippen LogP) is 5.04. The lowest BCUT2D eigenvalue weighted by Crippen LogP contribution is -2.31. The number of aromatic amines is 1. The van der Waals surface area contributed by atoms with Crippen molar-refractivity contribution in [3.05, 3.63) is 80.8 Å². The van der Waals surface area contributed by atoms with E-state index in [4.69, 9.17) is 37.9 Å². The third-order valence-electron chi connectivity index (χ3n) is 4.69. The maximum atomic E-state index is 13.5. The van der Waals surface area contributed by atoms with Gasteiger partial charge in [-0.1, -0.05) is 35.0 Å². The number of carbonyl (C=O) groups excluding carboxylic acids is 1. The number of nitriles is 1. The second-order valence-corrected chi connectivity index (χ2v) is 7.58. The summed E-state index contributed by atoms with van der Waals surface area (Å²) in [5.41, 5.74) is 1.28. The summed E-state index contributed by atoms with van der Waals surface area (Å²) >= 11 is 12.0. The summed E-state index contributed by atoms with van der Waals surface area (Å²) in [7, 11) is 3.07. The normalized spacial score (nSPS) is 10.1. The van der Waals surface area contributed by atoms with Crippen LogP contribution in [0.25, 0.3) is 0 Å². The molecule has 1 amide bonds. The first-order valence-electron chi connectivity index (χ1n) is 9.59. The highest BCUT2D eigenvalue weighted by Gasteiger charge is 2.20. The molecular weight excluding hydrogens is 468 g/mol. The molecule has 1 aromatic heterocycles. The van der Waals surface area contributed by atoms with E-state index in [0.29, 0.717) is 17.1 Å². The molecule has 9 heteroatoms. The van der Waals surface area contributed by atoms with Gasteiger partial charge in [-0.05, 0) is 36.4 Å². The lowest BCUT2D eigenvalue weighted by Gasteiger charge is -2.21. The molecule has 6 nitrogen and oxygen atoms in total. The minimum absolute atomic E-state index is 0.0293. The maximum Gasteiger partial charge on any atom is 0.271 e. The average molecular weight is 486 g/mol. The Bertz CT molecular complexity index is 1270. The zero-order valence-corrected chi connectivity index (χ0v) is 19.2. The Hall–Kier alpha value is -3.65. The van der Waals surface area contributed by atoms with Gasteiger partial charge in [-0.3, -0.25) is 4.79 Å². The molecule has 0 saturated carbocycles. The van der Waals surface area contributed by atoms with E-state index in [1.54, 1.807) is 31.4 Å². The average Bonchev–Trinajstić information content (AvgIpc) is 3.17. The van der Waals surface area contributed by atoms with Gasteiger partial charge >= 0.3 is 0 Å². The topological polar surface area (TPSA) is 78.4 Å². The third-order valence-corrected chi connectivity index (χ3v) is 5.38. The summed E-state index contributed by atoms with van der Waals surface area (Å²) < 4.78 is 24.2. The number of aromatic nitrogens is 1. The molecule has 3 rings (SSSR count). The SMILES string of the molecule is COc1ccc(CN(CC#Cc2ccc(F)c(C#N)c2)C(=O)c2cc(Cl)c(Cl)[nH]2)c(OC)c1. The molecular formula is C24H18Cl2FN3O3. The molecule has 33 heavy (non-hydrogen) atoms. The Morgan fingerprint density at radius 1 is 1.15 bits per heavy atom. The number of benzene rings is 2. The molecule has 3 aromatic rings. The van der Waals surface area contributed by atoms with Crippen molar-refractivity contribution in [3.8, 4) is 29.4 Å². The lowest BCUT2D eigenvalue weighted by molar-refractivity contribution is 0.0759. The van der Waals surface area contributed by atoms with Gasteiger partial charge in [0.1, 0.15) is 34.2 Å². The molecule has 2 aromatic carbocycles. The zero-order chi connectivity index (χ0) is 24.0. The second-order valence-electron chi connectivity index (χ2n) is 6.79. The molecule has 0 spiro atoms. The van der Waals surface area contributed by atoms with Crippen LogP contribution in [-0.2, 0) is 6.54 Å². The smallest absolute Gasteiger partial charge is 0.271 e. The molecule has 0 aliphatic heterocycles. The summed E-state index contributed by atoms with van der Waals surface area (Å²) in [5, 5.41) is 9.38. The number of hydrogen-bond acceptors (Lipinski definition) is 4. The fourth-order valence-corrected chi connectivity index (χ4v) is 3.32. The molecule has 168 valence electrons. The summed E-state index contributed by atoms with van der Waals surface area (Å²) in [6.45, 7) is 0.198. The van der Waals surface area contributed by atoms with Crippen LogP contribution in [0.4, 0.5) is 4.39 Å². The van der Waals surface area contributed by atoms with Gasteiger partial charge in [0.05, 0.1) is 37.9 Å². The molecule has 0 radical (unpaired) electrons. The van der Waals surface area contributed by atoms with Gasteiger partial charge in [0.2, 0.25) is 0 Å². The van der Waals surface area contributed by atoms with Crippen molar-refractivity contribution in [2.24, 2.45) is 0 Å². The number of amides is 1. The lowest BCUT2D eigenvalue weighted by atomic mass is 10.1. The highest BCUT2D eigenvalue weighted by molar-refractivity contribution is 6.41. The maximum absolute atomic E-state index is 13.5. The van der Waals surface area contributed by atoms with Gasteiger partial charge in [0.15, 0.2) is 0 Å². The number of nitrogens with one attached hydrogen (secondary N) is 1. The molecule has 0 aliphatic rings. The number of methoxy groups -OCH3 is 2. The molecule has 0 aliphatic carbocycles. The Balaban J connectivity index is 1.91. The first-order valence-corrected chi connectivity index (χ1v) is 10.3. The van der Waals surface area contributed by atoms with Crippen LogP contribution in [0.5, 0.6) is 11.5 Å². The van der Waals surface area contributed by atoms with E-state index in [0.717, 1.165) is 5.56 Å². The summed E-state index contributed by atoms with van der Waals surface area (Å²) in [6, 6.07) is 12.5. The third kappa shape index (κ3) is 5.78. The molecule has 0 unspecified atom stereocenters. The quantitative estimate of drug-likeness (QED) is 0.495. The van der Waals surface area contributed by atoms with Crippen molar-refractivity contribution in [1.82, 2.24) is 9.88 Å². The summed E-state index contributed by atoms with van der Waals surface area (Å²) in [6.07, 6.45) is 0. The van der Waals surface area contributed by atoms with E-state index in [-0.39, 0.29) is 40.4 Å². The minimum Gasteiger partial charge on any atom is -0.497 e. The van der Waals surface area contributed by atoms with Crippen LogP contribution < -0.4 is 9.47 Å². The van der Waals surface area contributed by atoms with Gasteiger partial charge in [-0.15, -0.1) is 0 Å². The van der Waals surface area contributed by atoms with Crippen molar-refractivity contribution in [1.29, 1.82) is 5.26 Å². The van der Waals surface area contributed by atoms with E-state index >= 15 is 0 Å². The van der Waals surface area contributed by atoms with Crippen LogP contribution in [0.2, 0.25) is 10.2 Å². The fourth-order valence-electron chi connectivity index (χ4n) is 3.00. The number of halogens is 3. The van der Waals surface area contributed by atoms with Crippen LogP contribution in [0.3, 0.4) is 0 Å². The van der Waals surface area contributed by atoms with Crippen LogP contribution in [0.1, 0.15) is 27.2 Å². The molecule has 1 heterocycles. The number of H-pyrrole nitrogens is 1. The molecule has 1 N–H and O–H groups in total. The van der Waals surface area contributed by atoms with Crippen LogP contribution in [0.15, 0.2) is 42.5 Å². The Morgan fingerprint density at radius 2 is 1.94 bits per heavy atom. The van der Waals surface area contributed by atoms with E-state index in [1.807, 2.05) is 0 Å². The largest absolute Gasteiger partial charge is 0.497 e. The second kappa shape index (κ2) is 10.8. The van der Waals surface area contributed by atoms with E-state index in [9.17, 15) is 9.18 Å². The van der Waals surface area contributed by atoms with E-state index in [1.165, 1.54) is 36.3 Å². The van der Waals surface area contributed by atoms with Crippen molar-refractivity contribution in [2.45, 2.75) is 6.54 Å². The van der Waals surface area contributed by atoms with Crippen LogP contribution in [0, 0.1) is 29.0 Å². The van der Waals surface area contributed by atoms with Gasteiger partial charge in [0, 0.05) is 17.2 Å². The van der Waals surface area contributed by atoms with Gasteiger partial charge < -0.3 is 19.4 Å². The minimum atomic E-state index is -0.619. The highest BCUT2D eigenvalue weighted by Crippen LogP contribution is 2.27. The monoisotopic (exact) mass is 485 g/mol. The van der Waals surface area contributed by atoms with Crippen molar-refractivity contribution < 1.29 is 18.7 Å². The molecule has 0 saturated heterocycles. The van der Waals surface area contributed by atoms with Gasteiger partial charge in [0.25, 0.3) is 5.91 Å². The first kappa shape index (κ1) is 24.0. The predicted molar refractivity (Wildman–Crippen MR) is 123 cm³/mol. The van der Waals surface area contributed by atoms with Crippen molar-refractivity contribution in [2.75, 3.05) is 20.8 Å². The summed E-state index contributed by atoms with van der Waals surface area (Å²) in [4.78, 5) is 17.4. The Kier molecular flexibility index (Phi) is 7.84. The fraction of sp³-hybridized carbons (Fsp3) is 0.167. The number of ether oxygens (including phenoxy) is 2. The molecule has 0 fully saturated rings. The van der Waals surface area contributed by atoms with Crippen LogP contribution >= 0.6 is 23.2 Å². The van der Waals surface area contributed by atoms with E-state index in [2.05, 4.69) is 16.8 Å².